The van der Waals surface area contributed by atoms with E-state index < -0.39 is 0 Å². The van der Waals surface area contributed by atoms with Crippen molar-refractivity contribution in [2.75, 3.05) is 0 Å². The van der Waals surface area contributed by atoms with E-state index >= 15 is 0 Å². The van der Waals surface area contributed by atoms with Crippen LogP contribution in [0.5, 0.6) is 0 Å². The molecular formula is C19H18N2O. The van der Waals surface area contributed by atoms with Crippen LogP contribution >= 0.6 is 0 Å². The number of aromatic nitrogens is 1. The molecule has 3 nitrogen and oxygen atoms in total. The number of isocyanates is 1. The Labute approximate surface area is 129 Å². The standard InChI is InChI=1S/C19H18N2O/c1-2-21-17-7-4-3-6-15(17)16-12-14(8-9-18(16)21)19(20-13-22)10-5-11-19/h3-4,6-9,12H,2,5,10-11H2,1H3. The van der Waals surface area contributed by atoms with E-state index in [4.69, 9.17) is 0 Å². The summed E-state index contributed by atoms with van der Waals surface area (Å²) in [5.41, 5.74) is 3.33. The molecule has 0 unspecified atom stereocenters. The fourth-order valence-corrected chi connectivity index (χ4v) is 3.75. The van der Waals surface area contributed by atoms with Crippen molar-refractivity contribution in [2.45, 2.75) is 38.3 Å². The second kappa shape index (κ2) is 4.82. The van der Waals surface area contributed by atoms with Crippen LogP contribution < -0.4 is 0 Å². The minimum Gasteiger partial charge on any atom is -0.341 e. The zero-order valence-corrected chi connectivity index (χ0v) is 12.7. The fourth-order valence-electron chi connectivity index (χ4n) is 3.75. The largest absolute Gasteiger partial charge is 0.341 e. The smallest absolute Gasteiger partial charge is 0.235 e. The Morgan fingerprint density at radius 3 is 2.59 bits per heavy atom. The molecule has 0 spiro atoms. The van der Waals surface area contributed by atoms with Gasteiger partial charge in [-0.05, 0) is 49.9 Å². The van der Waals surface area contributed by atoms with Gasteiger partial charge in [-0.3, -0.25) is 0 Å². The number of rotatable bonds is 3. The quantitative estimate of drug-likeness (QED) is 0.515. The molecule has 0 bridgehead atoms. The maximum Gasteiger partial charge on any atom is 0.235 e. The number of nitrogens with zero attached hydrogens (tertiary/aromatic N) is 2. The maximum atomic E-state index is 10.8. The second-order valence-corrected chi connectivity index (χ2v) is 6.08. The monoisotopic (exact) mass is 290 g/mol. The Balaban J connectivity index is 2.02. The van der Waals surface area contributed by atoms with Crippen molar-refractivity contribution in [3.63, 3.8) is 0 Å². The van der Waals surface area contributed by atoms with Crippen molar-refractivity contribution in [2.24, 2.45) is 4.99 Å². The van der Waals surface area contributed by atoms with Gasteiger partial charge in [-0.1, -0.05) is 24.3 Å². The van der Waals surface area contributed by atoms with E-state index in [0.29, 0.717) is 0 Å². The Morgan fingerprint density at radius 1 is 1.14 bits per heavy atom. The molecule has 22 heavy (non-hydrogen) atoms. The normalized spacial score (nSPS) is 16.4. The fraction of sp³-hybridized carbons (Fsp3) is 0.316. The summed E-state index contributed by atoms with van der Waals surface area (Å²) in [6, 6.07) is 15.0. The number of aryl methyl sites for hydroxylation is 1. The molecule has 0 aliphatic heterocycles. The lowest BCUT2D eigenvalue weighted by Crippen LogP contribution is -2.31. The molecule has 3 heteroatoms. The van der Waals surface area contributed by atoms with Crippen LogP contribution in [0.15, 0.2) is 47.5 Å². The molecule has 1 aromatic heterocycles. The highest BCUT2D eigenvalue weighted by Gasteiger charge is 2.39. The van der Waals surface area contributed by atoms with Gasteiger partial charge in [0.15, 0.2) is 0 Å². The lowest BCUT2D eigenvalue weighted by molar-refractivity contribution is 0.256. The summed E-state index contributed by atoms with van der Waals surface area (Å²) in [6.07, 6.45) is 4.79. The van der Waals surface area contributed by atoms with E-state index in [2.05, 4.69) is 58.9 Å². The molecule has 1 heterocycles. The summed E-state index contributed by atoms with van der Waals surface area (Å²) in [4.78, 5) is 15.0. The number of hydrogen-bond donors (Lipinski definition) is 0. The number of para-hydroxylation sites is 1. The third-order valence-electron chi connectivity index (χ3n) is 5.07. The average Bonchev–Trinajstić information content (AvgIpc) is 2.84. The van der Waals surface area contributed by atoms with Gasteiger partial charge in [-0.25, -0.2) is 4.79 Å². The van der Waals surface area contributed by atoms with Crippen LogP contribution in [0.3, 0.4) is 0 Å². The number of benzene rings is 2. The van der Waals surface area contributed by atoms with Crippen molar-refractivity contribution in [1.29, 1.82) is 0 Å². The first kappa shape index (κ1) is 13.3. The molecule has 4 rings (SSSR count). The second-order valence-electron chi connectivity index (χ2n) is 6.08. The molecule has 0 saturated heterocycles. The van der Waals surface area contributed by atoms with Crippen molar-refractivity contribution >= 4 is 27.9 Å². The Hall–Kier alpha value is -2.38. The third kappa shape index (κ3) is 1.69. The summed E-state index contributed by atoms with van der Waals surface area (Å²) in [6.45, 7) is 3.12. The van der Waals surface area contributed by atoms with E-state index in [9.17, 15) is 4.79 Å². The first-order chi connectivity index (χ1) is 10.8. The molecule has 0 amide bonds. The first-order valence-corrected chi connectivity index (χ1v) is 7.89. The summed E-state index contributed by atoms with van der Waals surface area (Å²) in [5, 5.41) is 2.52. The predicted octanol–water partition coefficient (Wildman–Crippen LogP) is 4.53. The van der Waals surface area contributed by atoms with Gasteiger partial charge in [0.2, 0.25) is 6.08 Å². The van der Waals surface area contributed by atoms with Gasteiger partial charge in [0.25, 0.3) is 0 Å². The Morgan fingerprint density at radius 2 is 1.91 bits per heavy atom. The van der Waals surface area contributed by atoms with Crippen molar-refractivity contribution < 1.29 is 4.79 Å². The zero-order valence-electron chi connectivity index (χ0n) is 12.7. The minimum absolute atomic E-state index is 0.328. The molecule has 1 aliphatic rings. The van der Waals surface area contributed by atoms with Gasteiger partial charge in [0.05, 0.1) is 5.54 Å². The molecule has 0 N–H and O–H groups in total. The van der Waals surface area contributed by atoms with Crippen LogP contribution in [-0.4, -0.2) is 10.6 Å². The Bertz CT molecular complexity index is 912. The third-order valence-corrected chi connectivity index (χ3v) is 5.07. The predicted molar refractivity (Wildman–Crippen MR) is 88.8 cm³/mol. The summed E-state index contributed by atoms with van der Waals surface area (Å²) in [5.74, 6) is 0. The highest BCUT2D eigenvalue weighted by atomic mass is 16.1. The van der Waals surface area contributed by atoms with Gasteiger partial charge in [0, 0.05) is 28.4 Å². The van der Waals surface area contributed by atoms with E-state index in [0.717, 1.165) is 31.4 Å². The van der Waals surface area contributed by atoms with Crippen LogP contribution in [0.4, 0.5) is 0 Å². The van der Waals surface area contributed by atoms with Crippen LogP contribution in [-0.2, 0) is 16.9 Å². The highest BCUT2D eigenvalue weighted by Crippen LogP contribution is 2.46. The SMILES string of the molecule is CCn1c2ccccc2c2cc(C3(N=C=O)CCC3)ccc21. The van der Waals surface area contributed by atoms with Crippen molar-refractivity contribution in [3.8, 4) is 0 Å². The highest BCUT2D eigenvalue weighted by molar-refractivity contribution is 6.08. The van der Waals surface area contributed by atoms with E-state index in [1.807, 2.05) is 0 Å². The van der Waals surface area contributed by atoms with Crippen molar-refractivity contribution in [3.05, 3.63) is 48.0 Å². The molecule has 1 aliphatic carbocycles. The number of aliphatic imine (C=N–C) groups is 1. The van der Waals surface area contributed by atoms with Crippen molar-refractivity contribution in [1.82, 2.24) is 4.57 Å². The van der Waals surface area contributed by atoms with Gasteiger partial charge < -0.3 is 4.57 Å². The Kier molecular flexibility index (Phi) is 2.91. The topological polar surface area (TPSA) is 34.4 Å². The maximum absolute atomic E-state index is 10.8. The van der Waals surface area contributed by atoms with Crippen LogP contribution in [0.25, 0.3) is 21.8 Å². The van der Waals surface area contributed by atoms with Gasteiger partial charge in [-0.2, -0.15) is 4.99 Å². The molecule has 2 aromatic carbocycles. The molecule has 1 fully saturated rings. The lowest BCUT2D eigenvalue weighted by Gasteiger charge is -2.37. The van der Waals surface area contributed by atoms with Gasteiger partial charge >= 0.3 is 0 Å². The van der Waals surface area contributed by atoms with Gasteiger partial charge in [0.1, 0.15) is 0 Å². The molecule has 0 radical (unpaired) electrons. The first-order valence-electron chi connectivity index (χ1n) is 7.89. The summed E-state index contributed by atoms with van der Waals surface area (Å²) < 4.78 is 2.34. The van der Waals surface area contributed by atoms with E-state index in [-0.39, 0.29) is 5.54 Å². The number of carbonyl (C=O) groups excluding carboxylic acids is 1. The molecule has 110 valence electrons. The summed E-state index contributed by atoms with van der Waals surface area (Å²) in [7, 11) is 0. The van der Waals surface area contributed by atoms with Gasteiger partial charge in [-0.15, -0.1) is 0 Å². The molecular weight excluding hydrogens is 272 g/mol. The van der Waals surface area contributed by atoms with Crippen LogP contribution in [0.1, 0.15) is 31.7 Å². The lowest BCUT2D eigenvalue weighted by atomic mass is 9.72. The van der Waals surface area contributed by atoms with Crippen LogP contribution in [0, 0.1) is 0 Å². The van der Waals surface area contributed by atoms with Crippen LogP contribution in [0.2, 0.25) is 0 Å². The average molecular weight is 290 g/mol. The van der Waals surface area contributed by atoms with E-state index in [1.165, 1.54) is 21.8 Å². The zero-order chi connectivity index (χ0) is 15.2. The number of fused-ring (bicyclic) bond motifs is 3. The molecule has 1 saturated carbocycles. The van der Waals surface area contributed by atoms with E-state index in [1.54, 1.807) is 6.08 Å². The minimum atomic E-state index is -0.328. The summed E-state index contributed by atoms with van der Waals surface area (Å²) >= 11 is 0. The molecule has 0 atom stereocenters. The number of hydrogen-bond acceptors (Lipinski definition) is 2. The molecule has 3 aromatic rings.